The summed E-state index contributed by atoms with van der Waals surface area (Å²) < 4.78 is 6.91. The molecule has 2 amide bonds. The Morgan fingerprint density at radius 3 is 2.57 bits per heavy atom. The van der Waals surface area contributed by atoms with Crippen molar-refractivity contribution in [3.05, 3.63) is 65.5 Å². The number of aromatic nitrogens is 1. The summed E-state index contributed by atoms with van der Waals surface area (Å²) in [7, 11) is 1.36. The van der Waals surface area contributed by atoms with Crippen molar-refractivity contribution in [2.24, 2.45) is 0 Å². The van der Waals surface area contributed by atoms with Crippen LogP contribution in [-0.2, 0) is 16.1 Å². The number of hydrogen-bond donors (Lipinski definition) is 1. The van der Waals surface area contributed by atoms with E-state index in [9.17, 15) is 14.4 Å². The average molecular weight is 474 g/mol. The van der Waals surface area contributed by atoms with Crippen molar-refractivity contribution in [1.29, 1.82) is 0 Å². The molecule has 0 saturated heterocycles. The van der Waals surface area contributed by atoms with Gasteiger partial charge in [0.15, 0.2) is 0 Å². The van der Waals surface area contributed by atoms with Crippen LogP contribution in [0.2, 0.25) is 0 Å². The SMILES string of the molecule is CCC(C(=O)NC1CCCCC1)N1Cc2c(-c3ccccc3C(=O)OC)c3ccccn3c2C1=O. The van der Waals surface area contributed by atoms with Crippen LogP contribution in [0.4, 0.5) is 0 Å². The van der Waals surface area contributed by atoms with Gasteiger partial charge < -0.3 is 19.4 Å². The van der Waals surface area contributed by atoms with Crippen LogP contribution in [0.1, 0.15) is 71.9 Å². The van der Waals surface area contributed by atoms with Gasteiger partial charge in [0.05, 0.1) is 18.2 Å². The molecule has 1 unspecified atom stereocenters. The topological polar surface area (TPSA) is 80.1 Å². The molecule has 1 fully saturated rings. The molecule has 2 aromatic heterocycles. The number of fused-ring (bicyclic) bond motifs is 3. The first-order valence-electron chi connectivity index (χ1n) is 12.5. The third-order valence-electron chi connectivity index (χ3n) is 7.36. The Balaban J connectivity index is 1.55. The van der Waals surface area contributed by atoms with E-state index in [4.69, 9.17) is 4.74 Å². The summed E-state index contributed by atoms with van der Waals surface area (Å²) in [4.78, 5) is 41.3. The Morgan fingerprint density at radius 1 is 1.09 bits per heavy atom. The first-order valence-corrected chi connectivity index (χ1v) is 12.5. The molecule has 182 valence electrons. The zero-order valence-electron chi connectivity index (χ0n) is 20.3. The van der Waals surface area contributed by atoms with Crippen LogP contribution in [0.25, 0.3) is 16.6 Å². The fourth-order valence-corrected chi connectivity index (χ4v) is 5.66. The number of amides is 2. The van der Waals surface area contributed by atoms with Crippen molar-refractivity contribution in [3.8, 4) is 11.1 Å². The molecule has 1 saturated carbocycles. The number of esters is 1. The third-order valence-corrected chi connectivity index (χ3v) is 7.36. The average Bonchev–Trinajstić information content (AvgIpc) is 3.39. The highest BCUT2D eigenvalue weighted by molar-refractivity contribution is 6.08. The minimum atomic E-state index is -0.542. The zero-order valence-corrected chi connectivity index (χ0v) is 20.3. The number of carbonyl (C=O) groups is 3. The number of rotatable bonds is 6. The summed E-state index contributed by atoms with van der Waals surface area (Å²) in [6, 6.07) is 12.7. The summed E-state index contributed by atoms with van der Waals surface area (Å²) in [5, 5.41) is 3.20. The fourth-order valence-electron chi connectivity index (χ4n) is 5.66. The van der Waals surface area contributed by atoms with Crippen LogP contribution >= 0.6 is 0 Å². The lowest BCUT2D eigenvalue weighted by Crippen LogP contribution is -2.50. The molecule has 3 heterocycles. The number of hydrogen-bond acceptors (Lipinski definition) is 4. The van der Waals surface area contributed by atoms with E-state index >= 15 is 0 Å². The number of methoxy groups -OCH3 is 1. The molecule has 1 aliphatic carbocycles. The molecule has 0 radical (unpaired) electrons. The van der Waals surface area contributed by atoms with Gasteiger partial charge in [-0.3, -0.25) is 9.59 Å². The Hall–Kier alpha value is -3.61. The molecular formula is C28H31N3O4. The van der Waals surface area contributed by atoms with Gasteiger partial charge in [-0.05, 0) is 43.0 Å². The lowest BCUT2D eigenvalue weighted by atomic mass is 9.95. The van der Waals surface area contributed by atoms with Crippen molar-refractivity contribution in [2.75, 3.05) is 7.11 Å². The predicted molar refractivity (Wildman–Crippen MR) is 133 cm³/mol. The number of benzene rings is 1. The predicted octanol–water partition coefficient (Wildman–Crippen LogP) is 4.58. The second-order valence-electron chi connectivity index (χ2n) is 9.40. The second kappa shape index (κ2) is 9.56. The number of carbonyl (C=O) groups excluding carboxylic acids is 3. The van der Waals surface area contributed by atoms with E-state index in [1.54, 1.807) is 17.0 Å². The normalized spacial score (nSPS) is 16.9. The van der Waals surface area contributed by atoms with Crippen molar-refractivity contribution in [2.45, 2.75) is 64.1 Å². The highest BCUT2D eigenvalue weighted by Gasteiger charge is 2.40. The van der Waals surface area contributed by atoms with Gasteiger partial charge >= 0.3 is 5.97 Å². The van der Waals surface area contributed by atoms with E-state index in [1.807, 2.05) is 47.9 Å². The first-order chi connectivity index (χ1) is 17.0. The molecule has 1 N–H and O–H groups in total. The van der Waals surface area contributed by atoms with E-state index in [1.165, 1.54) is 13.5 Å². The molecule has 35 heavy (non-hydrogen) atoms. The Labute approximate surface area is 205 Å². The van der Waals surface area contributed by atoms with Crippen LogP contribution in [0, 0.1) is 0 Å². The smallest absolute Gasteiger partial charge is 0.338 e. The number of nitrogens with zero attached hydrogens (tertiary/aromatic N) is 2. The van der Waals surface area contributed by atoms with E-state index < -0.39 is 12.0 Å². The van der Waals surface area contributed by atoms with Gasteiger partial charge in [0, 0.05) is 29.9 Å². The Bertz CT molecular complexity index is 1290. The standard InChI is InChI=1S/C28H31N3O4/c1-3-22(26(32)29-18-11-5-4-6-12-18)31-17-21-24(19-13-7-8-14-20(19)28(34)35-2)23-15-9-10-16-30(23)25(21)27(31)33/h7-10,13-16,18,22H,3-6,11-12,17H2,1-2H3,(H,29,32). The van der Waals surface area contributed by atoms with E-state index in [-0.39, 0.29) is 17.9 Å². The van der Waals surface area contributed by atoms with E-state index in [0.29, 0.717) is 24.2 Å². The van der Waals surface area contributed by atoms with Gasteiger partial charge in [-0.15, -0.1) is 0 Å². The van der Waals surface area contributed by atoms with Crippen molar-refractivity contribution >= 4 is 23.3 Å². The van der Waals surface area contributed by atoms with Gasteiger partial charge in [-0.1, -0.05) is 50.5 Å². The van der Waals surface area contributed by atoms with Crippen LogP contribution in [-0.4, -0.2) is 46.3 Å². The lowest BCUT2D eigenvalue weighted by Gasteiger charge is -2.30. The largest absolute Gasteiger partial charge is 0.465 e. The Kier molecular flexibility index (Phi) is 6.32. The minimum absolute atomic E-state index is 0.0799. The number of ether oxygens (including phenoxy) is 1. The number of nitrogens with one attached hydrogen (secondary N) is 1. The molecule has 3 aromatic rings. The molecule has 0 spiro atoms. The summed E-state index contributed by atoms with van der Waals surface area (Å²) in [6.45, 7) is 2.26. The zero-order chi connectivity index (χ0) is 24.5. The van der Waals surface area contributed by atoms with Gasteiger partial charge in [0.25, 0.3) is 5.91 Å². The maximum absolute atomic E-state index is 13.8. The van der Waals surface area contributed by atoms with Crippen LogP contribution in [0.15, 0.2) is 48.7 Å². The third kappa shape index (κ3) is 3.99. The van der Waals surface area contributed by atoms with Crippen LogP contribution in [0.3, 0.4) is 0 Å². The van der Waals surface area contributed by atoms with Crippen molar-refractivity contribution in [3.63, 3.8) is 0 Å². The fraction of sp³-hybridized carbons (Fsp3) is 0.393. The highest BCUT2D eigenvalue weighted by atomic mass is 16.5. The van der Waals surface area contributed by atoms with Crippen molar-refractivity contribution in [1.82, 2.24) is 14.6 Å². The molecule has 1 atom stereocenters. The summed E-state index contributed by atoms with van der Waals surface area (Å²) in [5.41, 5.74) is 4.24. The number of pyridine rings is 1. The van der Waals surface area contributed by atoms with Gasteiger partial charge in [-0.2, -0.15) is 0 Å². The second-order valence-corrected chi connectivity index (χ2v) is 9.40. The lowest BCUT2D eigenvalue weighted by molar-refractivity contribution is -0.126. The Morgan fingerprint density at radius 2 is 1.83 bits per heavy atom. The summed E-state index contributed by atoms with van der Waals surface area (Å²) >= 11 is 0. The molecule has 5 rings (SSSR count). The molecule has 7 nitrogen and oxygen atoms in total. The minimum Gasteiger partial charge on any atom is -0.465 e. The summed E-state index contributed by atoms with van der Waals surface area (Å²) in [6.07, 6.45) is 7.87. The molecule has 2 aliphatic rings. The van der Waals surface area contributed by atoms with Gasteiger partial charge in [-0.25, -0.2) is 4.79 Å². The van der Waals surface area contributed by atoms with Crippen LogP contribution in [0.5, 0.6) is 0 Å². The maximum atomic E-state index is 13.8. The van der Waals surface area contributed by atoms with Crippen LogP contribution < -0.4 is 5.32 Å². The molecular weight excluding hydrogens is 442 g/mol. The van der Waals surface area contributed by atoms with Gasteiger partial charge in [0.2, 0.25) is 5.91 Å². The first kappa shape index (κ1) is 23.1. The maximum Gasteiger partial charge on any atom is 0.338 e. The molecule has 7 heteroatoms. The van der Waals surface area contributed by atoms with E-state index in [0.717, 1.165) is 47.9 Å². The van der Waals surface area contributed by atoms with Gasteiger partial charge in [0.1, 0.15) is 11.7 Å². The highest BCUT2D eigenvalue weighted by Crippen LogP contribution is 2.40. The van der Waals surface area contributed by atoms with E-state index in [2.05, 4.69) is 5.32 Å². The molecule has 1 aromatic carbocycles. The quantitative estimate of drug-likeness (QED) is 0.532. The molecule has 1 aliphatic heterocycles. The molecule has 0 bridgehead atoms. The monoisotopic (exact) mass is 473 g/mol. The van der Waals surface area contributed by atoms with Crippen molar-refractivity contribution < 1.29 is 19.1 Å². The summed E-state index contributed by atoms with van der Waals surface area (Å²) in [5.74, 6) is -0.665.